The van der Waals surface area contributed by atoms with Crippen LogP contribution >= 0.6 is 0 Å². The fourth-order valence-corrected chi connectivity index (χ4v) is 3.24. The van der Waals surface area contributed by atoms with Gasteiger partial charge in [-0.3, -0.25) is 0 Å². The maximum Gasteiger partial charge on any atom is 0.345 e. The van der Waals surface area contributed by atoms with Gasteiger partial charge < -0.3 is 24.1 Å². The summed E-state index contributed by atoms with van der Waals surface area (Å²) in [6.07, 6.45) is 1.66. The van der Waals surface area contributed by atoms with Gasteiger partial charge in [0.2, 0.25) is 6.79 Å². The molecule has 0 fully saturated rings. The average molecular weight is 366 g/mol. The van der Waals surface area contributed by atoms with E-state index in [9.17, 15) is 9.90 Å². The molecule has 0 aromatic heterocycles. The zero-order chi connectivity index (χ0) is 18.9. The molecule has 2 aromatic rings. The van der Waals surface area contributed by atoms with E-state index in [0.29, 0.717) is 23.3 Å². The van der Waals surface area contributed by atoms with Crippen molar-refractivity contribution in [2.24, 2.45) is 0 Å². The zero-order valence-corrected chi connectivity index (χ0v) is 14.7. The number of rotatable bonds is 5. The summed E-state index contributed by atoms with van der Waals surface area (Å²) < 4.78 is 21.2. The quantitative estimate of drug-likeness (QED) is 0.821. The number of hydrogen-bond donors (Lipinski definition) is 1. The minimum atomic E-state index is -1.93. The summed E-state index contributed by atoms with van der Waals surface area (Å²) in [4.78, 5) is 12.7. The number of hydrogen-bond acceptors (Lipinski definition) is 6. The summed E-state index contributed by atoms with van der Waals surface area (Å²) >= 11 is 0. The summed E-state index contributed by atoms with van der Waals surface area (Å²) in [7, 11) is 1.53. The maximum atomic E-state index is 12.7. The number of benzene rings is 2. The van der Waals surface area contributed by atoms with Crippen molar-refractivity contribution in [1.29, 1.82) is 0 Å². The van der Waals surface area contributed by atoms with E-state index < -0.39 is 11.8 Å². The Morgan fingerprint density at radius 1 is 1.15 bits per heavy atom. The second kappa shape index (κ2) is 6.81. The molecule has 0 saturated carbocycles. The van der Waals surface area contributed by atoms with Gasteiger partial charge in [-0.15, -0.1) is 0 Å². The standard InChI is InChI=1S/C21H18O6/c1-24-16-9-5-8-15(11-16)21(23)17(10-14-6-3-2-4-7-14)19(20(22)27-21)18-12-25-13-26-18/h2-9,11-12,23H,10,13H2,1H3. The fraction of sp³-hybridized carbons (Fsp3) is 0.190. The van der Waals surface area contributed by atoms with E-state index in [1.54, 1.807) is 24.3 Å². The van der Waals surface area contributed by atoms with E-state index in [2.05, 4.69) is 0 Å². The largest absolute Gasteiger partial charge is 0.497 e. The average Bonchev–Trinajstić information content (AvgIpc) is 3.30. The van der Waals surface area contributed by atoms with Crippen LogP contribution in [0.1, 0.15) is 11.1 Å². The number of esters is 1. The molecule has 27 heavy (non-hydrogen) atoms. The number of carbonyl (C=O) groups excluding carboxylic acids is 1. The number of aliphatic hydroxyl groups is 1. The highest BCUT2D eigenvalue weighted by Gasteiger charge is 2.49. The normalized spacial score (nSPS) is 21.4. The molecule has 1 N–H and O–H groups in total. The molecule has 6 heteroatoms. The Bertz CT molecular complexity index is 931. The van der Waals surface area contributed by atoms with Crippen molar-refractivity contribution in [3.8, 4) is 5.75 Å². The highest BCUT2D eigenvalue weighted by Crippen LogP contribution is 2.44. The summed E-state index contributed by atoms with van der Waals surface area (Å²) in [6, 6.07) is 16.3. The highest BCUT2D eigenvalue weighted by atomic mass is 16.7. The van der Waals surface area contributed by atoms with Crippen molar-refractivity contribution in [1.82, 2.24) is 0 Å². The molecule has 2 heterocycles. The van der Waals surface area contributed by atoms with Crippen LogP contribution in [0.15, 0.2) is 77.8 Å². The monoisotopic (exact) mass is 366 g/mol. The van der Waals surface area contributed by atoms with E-state index in [1.165, 1.54) is 13.4 Å². The predicted molar refractivity (Wildman–Crippen MR) is 95.3 cm³/mol. The van der Waals surface area contributed by atoms with E-state index in [-0.39, 0.29) is 18.1 Å². The molecular weight excluding hydrogens is 348 g/mol. The molecule has 6 nitrogen and oxygen atoms in total. The third-order valence-electron chi connectivity index (χ3n) is 4.56. The molecule has 1 atom stereocenters. The highest BCUT2D eigenvalue weighted by molar-refractivity contribution is 5.97. The van der Waals surface area contributed by atoms with Gasteiger partial charge >= 0.3 is 5.97 Å². The van der Waals surface area contributed by atoms with Gasteiger partial charge in [0.25, 0.3) is 5.79 Å². The molecule has 0 aliphatic carbocycles. The molecule has 138 valence electrons. The Labute approximate surface area is 156 Å². The zero-order valence-electron chi connectivity index (χ0n) is 14.7. The molecule has 1 unspecified atom stereocenters. The molecule has 0 spiro atoms. The molecular formula is C21H18O6. The van der Waals surface area contributed by atoms with Crippen LogP contribution in [0.4, 0.5) is 0 Å². The van der Waals surface area contributed by atoms with Crippen molar-refractivity contribution in [2.75, 3.05) is 13.9 Å². The summed E-state index contributed by atoms with van der Waals surface area (Å²) in [5, 5.41) is 11.4. The Morgan fingerprint density at radius 3 is 2.67 bits per heavy atom. The van der Waals surface area contributed by atoms with Gasteiger partial charge in [0.05, 0.1) is 7.11 Å². The van der Waals surface area contributed by atoms with Gasteiger partial charge in [-0.25, -0.2) is 4.79 Å². The molecule has 0 amide bonds. The molecule has 2 aliphatic heterocycles. The predicted octanol–water partition coefficient (Wildman–Crippen LogP) is 2.78. The third-order valence-corrected chi connectivity index (χ3v) is 4.56. The minimum Gasteiger partial charge on any atom is -0.497 e. The van der Waals surface area contributed by atoms with E-state index in [0.717, 1.165) is 5.56 Å². The molecule has 0 bridgehead atoms. The van der Waals surface area contributed by atoms with E-state index >= 15 is 0 Å². The second-order valence-corrected chi connectivity index (χ2v) is 6.19. The van der Waals surface area contributed by atoms with E-state index in [4.69, 9.17) is 18.9 Å². The molecule has 0 radical (unpaired) electrons. The van der Waals surface area contributed by atoms with Crippen molar-refractivity contribution < 1.29 is 28.8 Å². The summed E-state index contributed by atoms with van der Waals surface area (Å²) in [6.45, 7) is 0.0162. The topological polar surface area (TPSA) is 74.2 Å². The van der Waals surface area contributed by atoms with Gasteiger partial charge in [-0.1, -0.05) is 42.5 Å². The van der Waals surface area contributed by atoms with Crippen LogP contribution in [-0.2, 0) is 31.2 Å². The van der Waals surface area contributed by atoms with Crippen molar-refractivity contribution in [3.63, 3.8) is 0 Å². The van der Waals surface area contributed by atoms with E-state index in [1.807, 2.05) is 30.3 Å². The smallest absolute Gasteiger partial charge is 0.345 e. The fourth-order valence-electron chi connectivity index (χ4n) is 3.24. The van der Waals surface area contributed by atoms with Crippen LogP contribution in [0.25, 0.3) is 0 Å². The maximum absolute atomic E-state index is 12.7. The van der Waals surface area contributed by atoms with Gasteiger partial charge in [-0.2, -0.15) is 0 Å². The minimum absolute atomic E-state index is 0.0162. The van der Waals surface area contributed by atoms with Gasteiger partial charge in [0, 0.05) is 17.6 Å². The Morgan fingerprint density at radius 2 is 1.96 bits per heavy atom. The van der Waals surface area contributed by atoms with Gasteiger partial charge in [-0.05, 0) is 17.7 Å². The van der Waals surface area contributed by atoms with Crippen molar-refractivity contribution in [2.45, 2.75) is 12.2 Å². The Balaban J connectivity index is 1.86. The van der Waals surface area contributed by atoms with Crippen LogP contribution in [0.5, 0.6) is 5.75 Å². The molecule has 4 rings (SSSR count). The van der Waals surface area contributed by atoms with Crippen LogP contribution in [-0.4, -0.2) is 25.0 Å². The number of carbonyl (C=O) groups is 1. The lowest BCUT2D eigenvalue weighted by Crippen LogP contribution is -2.29. The third kappa shape index (κ3) is 3.04. The van der Waals surface area contributed by atoms with Crippen LogP contribution < -0.4 is 4.74 Å². The first-order chi connectivity index (χ1) is 13.1. The first kappa shape index (κ1) is 17.2. The summed E-state index contributed by atoms with van der Waals surface area (Å²) in [5.41, 5.74) is 1.89. The molecule has 2 aliphatic rings. The van der Waals surface area contributed by atoms with Gasteiger partial charge in [0.15, 0.2) is 5.76 Å². The first-order valence-electron chi connectivity index (χ1n) is 8.44. The van der Waals surface area contributed by atoms with Crippen molar-refractivity contribution >= 4 is 5.97 Å². The SMILES string of the molecule is COc1cccc(C2(O)OC(=O)C(C3=COCO3)=C2Cc2ccccc2)c1. The first-order valence-corrected chi connectivity index (χ1v) is 8.44. The lowest BCUT2D eigenvalue weighted by Gasteiger charge is -2.26. The number of methoxy groups -OCH3 is 1. The summed E-state index contributed by atoms with van der Waals surface area (Å²) in [5.74, 6) is -1.79. The van der Waals surface area contributed by atoms with Crippen molar-refractivity contribution in [3.05, 3.63) is 88.9 Å². The Kier molecular flexibility index (Phi) is 4.33. The second-order valence-electron chi connectivity index (χ2n) is 6.19. The van der Waals surface area contributed by atoms with Crippen LogP contribution in [0.3, 0.4) is 0 Å². The molecule has 0 saturated heterocycles. The lowest BCUT2D eigenvalue weighted by molar-refractivity contribution is -0.186. The van der Waals surface area contributed by atoms with Crippen LogP contribution in [0.2, 0.25) is 0 Å². The van der Waals surface area contributed by atoms with Crippen LogP contribution in [0, 0.1) is 0 Å². The van der Waals surface area contributed by atoms with Gasteiger partial charge in [0.1, 0.15) is 17.6 Å². The number of ether oxygens (including phenoxy) is 4. The lowest BCUT2D eigenvalue weighted by atomic mass is 9.89. The Hall–Kier alpha value is -3.25. The number of cyclic esters (lactones) is 1. The molecule has 2 aromatic carbocycles.